The molecule has 1 aromatic heterocycles. The zero-order chi connectivity index (χ0) is 21.3. The minimum atomic E-state index is -4.58. The molecule has 1 aromatic carbocycles. The van der Waals surface area contributed by atoms with Crippen molar-refractivity contribution in [2.75, 3.05) is 13.1 Å². The summed E-state index contributed by atoms with van der Waals surface area (Å²) in [6.07, 6.45) is 0.385. The molecule has 2 aromatic rings. The van der Waals surface area contributed by atoms with Crippen molar-refractivity contribution in [2.45, 2.75) is 38.0 Å². The van der Waals surface area contributed by atoms with E-state index in [2.05, 4.69) is 4.98 Å². The van der Waals surface area contributed by atoms with E-state index in [1.165, 1.54) is 23.1 Å². The van der Waals surface area contributed by atoms with Gasteiger partial charge >= 0.3 is 6.18 Å². The Morgan fingerprint density at radius 2 is 1.93 bits per heavy atom. The number of halogens is 3. The Kier molecular flexibility index (Phi) is 5.49. The Hall–Kier alpha value is -2.90. The lowest BCUT2D eigenvalue weighted by atomic mass is 9.83. The second-order valence-corrected chi connectivity index (χ2v) is 7.83. The van der Waals surface area contributed by atoms with Crippen LogP contribution in [-0.4, -0.2) is 45.7 Å². The second-order valence-electron chi connectivity index (χ2n) is 7.83. The number of piperidine rings is 2. The van der Waals surface area contributed by atoms with E-state index in [4.69, 9.17) is 0 Å². The van der Waals surface area contributed by atoms with Gasteiger partial charge in [0.25, 0.3) is 5.91 Å². The van der Waals surface area contributed by atoms with Gasteiger partial charge in [0.15, 0.2) is 0 Å². The number of fused-ring (bicyclic) bond motifs is 1. The van der Waals surface area contributed by atoms with E-state index in [9.17, 15) is 22.8 Å². The SMILES string of the molecule is O=C(c1ccccc1C(F)(F)F)N1CC[C@H]2[C@H](CCC(=O)N2Cc2cccnc2)C1. The molecule has 4 rings (SSSR count). The summed E-state index contributed by atoms with van der Waals surface area (Å²) in [7, 11) is 0. The Morgan fingerprint density at radius 1 is 1.13 bits per heavy atom. The van der Waals surface area contributed by atoms with Gasteiger partial charge < -0.3 is 9.80 Å². The van der Waals surface area contributed by atoms with Crippen LogP contribution in [-0.2, 0) is 17.5 Å². The van der Waals surface area contributed by atoms with E-state index in [0.29, 0.717) is 38.9 Å². The van der Waals surface area contributed by atoms with Crippen molar-refractivity contribution < 1.29 is 22.8 Å². The number of carbonyl (C=O) groups is 2. The summed E-state index contributed by atoms with van der Waals surface area (Å²) in [5.41, 5.74) is -0.291. The molecule has 0 unspecified atom stereocenters. The van der Waals surface area contributed by atoms with Crippen LogP contribution in [0.25, 0.3) is 0 Å². The molecule has 3 heterocycles. The molecule has 2 saturated heterocycles. The van der Waals surface area contributed by atoms with Crippen LogP contribution in [0.3, 0.4) is 0 Å². The molecule has 5 nitrogen and oxygen atoms in total. The number of alkyl halides is 3. The predicted molar refractivity (Wildman–Crippen MR) is 103 cm³/mol. The highest BCUT2D eigenvalue weighted by molar-refractivity contribution is 5.96. The Labute approximate surface area is 172 Å². The number of amides is 2. The van der Waals surface area contributed by atoms with Crippen molar-refractivity contribution in [2.24, 2.45) is 5.92 Å². The average Bonchev–Trinajstić information content (AvgIpc) is 2.75. The van der Waals surface area contributed by atoms with Gasteiger partial charge in [-0.05, 0) is 42.5 Å². The first kappa shape index (κ1) is 20.4. The third-order valence-corrected chi connectivity index (χ3v) is 5.97. The lowest BCUT2D eigenvalue weighted by Gasteiger charge is -2.47. The summed E-state index contributed by atoms with van der Waals surface area (Å²) in [4.78, 5) is 32.9. The van der Waals surface area contributed by atoms with Crippen LogP contribution in [0, 0.1) is 5.92 Å². The van der Waals surface area contributed by atoms with Gasteiger partial charge in [-0.1, -0.05) is 18.2 Å². The first-order chi connectivity index (χ1) is 14.3. The molecule has 2 aliphatic rings. The zero-order valence-corrected chi connectivity index (χ0v) is 16.3. The molecular weight excluding hydrogens is 395 g/mol. The van der Waals surface area contributed by atoms with Crippen LogP contribution in [0.5, 0.6) is 0 Å². The fourth-order valence-corrected chi connectivity index (χ4v) is 4.52. The predicted octanol–water partition coefficient (Wildman–Crippen LogP) is 3.75. The van der Waals surface area contributed by atoms with Crippen LogP contribution in [0.2, 0.25) is 0 Å². The quantitative estimate of drug-likeness (QED) is 0.764. The molecular formula is C22H22F3N3O2. The van der Waals surface area contributed by atoms with Gasteiger partial charge in [0, 0.05) is 44.5 Å². The summed E-state index contributed by atoms with van der Waals surface area (Å²) in [5, 5.41) is 0. The van der Waals surface area contributed by atoms with Gasteiger partial charge in [0.05, 0.1) is 11.1 Å². The maximum Gasteiger partial charge on any atom is 0.417 e. The number of hydrogen-bond donors (Lipinski definition) is 0. The van der Waals surface area contributed by atoms with E-state index in [-0.39, 0.29) is 23.4 Å². The highest BCUT2D eigenvalue weighted by atomic mass is 19.4. The average molecular weight is 417 g/mol. The van der Waals surface area contributed by atoms with E-state index in [1.807, 2.05) is 17.0 Å². The van der Waals surface area contributed by atoms with Crippen LogP contribution >= 0.6 is 0 Å². The molecule has 0 aliphatic carbocycles. The number of likely N-dealkylation sites (tertiary alicyclic amines) is 2. The lowest BCUT2D eigenvalue weighted by molar-refractivity contribution is -0.142. The van der Waals surface area contributed by atoms with Gasteiger partial charge in [-0.25, -0.2) is 0 Å². The molecule has 0 radical (unpaired) electrons. The van der Waals surface area contributed by atoms with Crippen molar-refractivity contribution in [3.63, 3.8) is 0 Å². The number of carbonyl (C=O) groups excluding carboxylic acids is 2. The summed E-state index contributed by atoms with van der Waals surface area (Å²) in [6.45, 7) is 1.13. The van der Waals surface area contributed by atoms with Crippen molar-refractivity contribution in [3.8, 4) is 0 Å². The van der Waals surface area contributed by atoms with E-state index in [0.717, 1.165) is 11.6 Å². The molecule has 2 amide bonds. The van der Waals surface area contributed by atoms with E-state index < -0.39 is 17.6 Å². The van der Waals surface area contributed by atoms with E-state index in [1.54, 1.807) is 12.4 Å². The fourth-order valence-electron chi connectivity index (χ4n) is 4.52. The van der Waals surface area contributed by atoms with Gasteiger partial charge in [-0.2, -0.15) is 13.2 Å². The maximum absolute atomic E-state index is 13.3. The second kappa shape index (κ2) is 8.08. The summed E-state index contributed by atoms with van der Waals surface area (Å²) in [6, 6.07) is 8.62. The van der Waals surface area contributed by atoms with Crippen LogP contribution in [0.1, 0.15) is 40.7 Å². The van der Waals surface area contributed by atoms with Crippen LogP contribution in [0.4, 0.5) is 13.2 Å². The van der Waals surface area contributed by atoms with E-state index >= 15 is 0 Å². The van der Waals surface area contributed by atoms with Gasteiger partial charge in [-0.15, -0.1) is 0 Å². The molecule has 0 bridgehead atoms. The Morgan fingerprint density at radius 3 is 2.67 bits per heavy atom. The summed E-state index contributed by atoms with van der Waals surface area (Å²) >= 11 is 0. The number of pyridine rings is 1. The summed E-state index contributed by atoms with van der Waals surface area (Å²) < 4.78 is 40.0. The smallest absolute Gasteiger partial charge is 0.338 e. The Bertz CT molecular complexity index is 933. The monoisotopic (exact) mass is 417 g/mol. The van der Waals surface area contributed by atoms with Gasteiger partial charge in [-0.3, -0.25) is 14.6 Å². The molecule has 0 N–H and O–H groups in total. The lowest BCUT2D eigenvalue weighted by Crippen LogP contribution is -2.56. The molecule has 0 spiro atoms. The molecule has 2 atom stereocenters. The highest BCUT2D eigenvalue weighted by Gasteiger charge is 2.42. The van der Waals surface area contributed by atoms with Crippen LogP contribution in [0.15, 0.2) is 48.8 Å². The summed E-state index contributed by atoms with van der Waals surface area (Å²) in [5.74, 6) is -0.477. The number of aromatic nitrogens is 1. The molecule has 0 saturated carbocycles. The molecule has 2 fully saturated rings. The van der Waals surface area contributed by atoms with Crippen molar-refractivity contribution in [1.82, 2.24) is 14.8 Å². The first-order valence-electron chi connectivity index (χ1n) is 9.98. The highest BCUT2D eigenvalue weighted by Crippen LogP contribution is 2.35. The number of benzene rings is 1. The standard InChI is InChI=1S/C22H22F3N3O2/c23-22(24,25)18-6-2-1-5-17(18)21(30)27-11-9-19-16(14-27)7-8-20(29)28(19)13-15-4-3-10-26-12-15/h1-6,10,12,16,19H,7-9,11,13-14H2/t16-,19+/m1/s1. The fraction of sp³-hybridized carbons (Fsp3) is 0.409. The van der Waals surface area contributed by atoms with Gasteiger partial charge in [0.1, 0.15) is 0 Å². The largest absolute Gasteiger partial charge is 0.417 e. The van der Waals surface area contributed by atoms with Crippen molar-refractivity contribution in [3.05, 3.63) is 65.5 Å². The minimum Gasteiger partial charge on any atom is -0.338 e. The number of rotatable bonds is 3. The normalized spacial score (nSPS) is 22.0. The number of nitrogens with zero attached hydrogens (tertiary/aromatic N) is 3. The molecule has 30 heavy (non-hydrogen) atoms. The molecule has 158 valence electrons. The zero-order valence-electron chi connectivity index (χ0n) is 16.3. The topological polar surface area (TPSA) is 53.5 Å². The molecule has 2 aliphatic heterocycles. The first-order valence-corrected chi connectivity index (χ1v) is 9.98. The van der Waals surface area contributed by atoms with Crippen molar-refractivity contribution in [1.29, 1.82) is 0 Å². The molecule has 8 heteroatoms. The van der Waals surface area contributed by atoms with Gasteiger partial charge in [0.2, 0.25) is 5.91 Å². The minimum absolute atomic E-state index is 0.0200. The third kappa shape index (κ3) is 4.04. The third-order valence-electron chi connectivity index (χ3n) is 5.97. The maximum atomic E-state index is 13.3. The number of hydrogen-bond acceptors (Lipinski definition) is 3. The van der Waals surface area contributed by atoms with Crippen molar-refractivity contribution >= 4 is 11.8 Å². The van der Waals surface area contributed by atoms with Crippen LogP contribution < -0.4 is 0 Å². The Balaban J connectivity index is 1.50.